The van der Waals surface area contributed by atoms with Crippen LogP contribution in [0, 0.1) is 41.4 Å². The monoisotopic (exact) mass is 453 g/mol. The quantitative estimate of drug-likeness (QED) is 0.494. The second-order valence-electron chi connectivity index (χ2n) is 11.6. The first-order valence-corrected chi connectivity index (χ1v) is 12.6. The molecule has 1 heterocycles. The number of carbonyl (C=O) groups is 1. The molecular weight excluding hydrogens is 422 g/mol. The number of allylic oxidation sites excluding steroid dienone is 2. The molecule has 174 valence electrons. The summed E-state index contributed by atoms with van der Waals surface area (Å²) in [6.07, 6.45) is 8.49. The average molecular weight is 454 g/mol. The third-order valence-corrected chi connectivity index (χ3v) is 9.97. The van der Waals surface area contributed by atoms with Crippen LogP contribution in [0.3, 0.4) is 0 Å². The second-order valence-corrected chi connectivity index (χ2v) is 11.6. The highest BCUT2D eigenvalue weighted by Crippen LogP contribution is 2.64. The van der Waals surface area contributed by atoms with Crippen molar-refractivity contribution in [3.8, 4) is 17.4 Å². The number of Topliss-reactive ketones (excluding diaryl/α,β-unsaturated/α-hetero) is 1. The summed E-state index contributed by atoms with van der Waals surface area (Å²) in [5, 5.41) is 9.99. The number of aryl methyl sites for hydroxylation is 1. The molecule has 34 heavy (non-hydrogen) atoms. The molecule has 6 rings (SSSR count). The van der Waals surface area contributed by atoms with Crippen molar-refractivity contribution in [3.05, 3.63) is 68.6 Å². The fraction of sp³-hybridized carbons (Fsp3) is 0.500. The van der Waals surface area contributed by atoms with Crippen molar-refractivity contribution < 1.29 is 9.21 Å². The number of hydrogen-bond acceptors (Lipinski definition) is 4. The number of ketones is 1. The van der Waals surface area contributed by atoms with E-state index < -0.39 is 5.63 Å². The minimum atomic E-state index is -0.510. The van der Waals surface area contributed by atoms with Gasteiger partial charge in [-0.25, -0.2) is 4.79 Å². The van der Waals surface area contributed by atoms with Gasteiger partial charge in [0.25, 0.3) is 0 Å². The van der Waals surface area contributed by atoms with E-state index in [1.54, 1.807) is 0 Å². The van der Waals surface area contributed by atoms with Gasteiger partial charge in [0.1, 0.15) is 23.2 Å². The van der Waals surface area contributed by atoms with Crippen molar-refractivity contribution in [1.29, 1.82) is 5.26 Å². The molecular formula is C30H31NO3. The van der Waals surface area contributed by atoms with E-state index in [1.807, 2.05) is 31.2 Å². The van der Waals surface area contributed by atoms with Gasteiger partial charge < -0.3 is 4.42 Å². The fourth-order valence-corrected chi connectivity index (χ4v) is 8.14. The van der Waals surface area contributed by atoms with Crippen LogP contribution >= 0.6 is 0 Å². The van der Waals surface area contributed by atoms with Gasteiger partial charge in [-0.15, -0.1) is 0 Å². The first-order chi connectivity index (χ1) is 16.3. The summed E-state index contributed by atoms with van der Waals surface area (Å²) in [6, 6.07) is 10.3. The maximum atomic E-state index is 13.0. The van der Waals surface area contributed by atoms with E-state index in [2.05, 4.69) is 26.0 Å². The molecule has 0 radical (unpaired) electrons. The largest absolute Gasteiger partial charge is 0.421 e. The Kier molecular flexibility index (Phi) is 4.63. The van der Waals surface area contributed by atoms with Crippen molar-refractivity contribution in [3.63, 3.8) is 0 Å². The summed E-state index contributed by atoms with van der Waals surface area (Å²) in [5.41, 5.74) is 5.02. The van der Waals surface area contributed by atoms with Gasteiger partial charge >= 0.3 is 5.63 Å². The highest BCUT2D eigenvalue weighted by molar-refractivity contribution is 5.82. The van der Waals surface area contributed by atoms with Crippen LogP contribution in [0.15, 0.2) is 45.1 Å². The Hall–Kier alpha value is -2.93. The summed E-state index contributed by atoms with van der Waals surface area (Å²) in [7, 11) is 0. The lowest BCUT2D eigenvalue weighted by Crippen LogP contribution is -2.50. The molecule has 0 spiro atoms. The molecule has 1 aromatic carbocycles. The Labute approximate surface area is 200 Å². The minimum absolute atomic E-state index is 0.0961. The van der Waals surface area contributed by atoms with Crippen LogP contribution in [0.25, 0.3) is 11.3 Å². The third-order valence-electron chi connectivity index (χ3n) is 9.97. The SMILES string of the molecule is Cc1ccc(-c2oc(=O)c(C#N)c3c2C[C@H]2[C@@H]4CC=C5CC(=O)CC[C@]5(C)[C@H]4CC[C@]32C)cc1. The van der Waals surface area contributed by atoms with Gasteiger partial charge in [-0.3, -0.25) is 4.79 Å². The summed E-state index contributed by atoms with van der Waals surface area (Å²) in [5.74, 6) is 2.42. The molecule has 0 amide bonds. The summed E-state index contributed by atoms with van der Waals surface area (Å²) in [4.78, 5) is 25.2. The molecule has 4 aliphatic carbocycles. The van der Waals surface area contributed by atoms with E-state index in [4.69, 9.17) is 4.42 Å². The van der Waals surface area contributed by atoms with E-state index in [1.165, 1.54) is 5.57 Å². The predicted octanol–water partition coefficient (Wildman–Crippen LogP) is 6.03. The number of benzene rings is 1. The maximum absolute atomic E-state index is 13.0. The molecule has 2 saturated carbocycles. The van der Waals surface area contributed by atoms with E-state index in [0.29, 0.717) is 42.1 Å². The minimum Gasteiger partial charge on any atom is -0.421 e. The molecule has 0 N–H and O–H groups in total. The van der Waals surface area contributed by atoms with E-state index in [0.717, 1.165) is 54.4 Å². The predicted molar refractivity (Wildman–Crippen MR) is 130 cm³/mol. The Morgan fingerprint density at radius 2 is 1.82 bits per heavy atom. The second kappa shape index (κ2) is 7.28. The molecule has 4 heteroatoms. The van der Waals surface area contributed by atoms with Crippen LogP contribution in [0.4, 0.5) is 0 Å². The van der Waals surface area contributed by atoms with Gasteiger partial charge in [0.15, 0.2) is 0 Å². The number of nitriles is 1. The number of nitrogens with zero attached hydrogens (tertiary/aromatic N) is 1. The molecule has 0 aliphatic heterocycles. The number of fused-ring (bicyclic) bond motifs is 7. The first kappa shape index (κ1) is 21.6. The lowest BCUT2D eigenvalue weighted by molar-refractivity contribution is -0.121. The van der Waals surface area contributed by atoms with Crippen molar-refractivity contribution in [2.24, 2.45) is 23.2 Å². The highest BCUT2D eigenvalue weighted by Gasteiger charge is 2.58. The zero-order chi connectivity index (χ0) is 23.8. The zero-order valence-corrected chi connectivity index (χ0v) is 20.2. The number of carbonyl (C=O) groups excluding carboxylic acids is 1. The molecule has 1 aromatic heterocycles. The summed E-state index contributed by atoms with van der Waals surface area (Å²) in [6.45, 7) is 6.71. The van der Waals surface area contributed by atoms with Gasteiger partial charge in [-0.2, -0.15) is 5.26 Å². The molecule has 4 nitrogen and oxygen atoms in total. The van der Waals surface area contributed by atoms with Crippen molar-refractivity contribution in [2.75, 3.05) is 0 Å². The van der Waals surface area contributed by atoms with Gasteiger partial charge in [0, 0.05) is 24.0 Å². The molecule has 2 fully saturated rings. The topological polar surface area (TPSA) is 71.1 Å². The van der Waals surface area contributed by atoms with Crippen LogP contribution in [0.2, 0.25) is 0 Å². The first-order valence-electron chi connectivity index (χ1n) is 12.6. The van der Waals surface area contributed by atoms with Crippen molar-refractivity contribution in [1.82, 2.24) is 0 Å². The molecule has 0 bridgehead atoms. The molecule has 0 saturated heterocycles. The van der Waals surface area contributed by atoms with Crippen LogP contribution in [0.1, 0.15) is 74.6 Å². The van der Waals surface area contributed by atoms with E-state index >= 15 is 0 Å². The fourth-order valence-electron chi connectivity index (χ4n) is 8.14. The van der Waals surface area contributed by atoms with Crippen molar-refractivity contribution in [2.45, 2.75) is 71.1 Å². The number of hydrogen-bond donors (Lipinski definition) is 0. The van der Waals surface area contributed by atoms with Gasteiger partial charge in [0.05, 0.1) is 0 Å². The smallest absolute Gasteiger partial charge is 0.354 e. The van der Waals surface area contributed by atoms with E-state index in [9.17, 15) is 14.9 Å². The normalized spacial score (nSPS) is 33.8. The molecule has 4 aliphatic rings. The average Bonchev–Trinajstić information content (AvgIpc) is 3.13. The van der Waals surface area contributed by atoms with Crippen LogP contribution < -0.4 is 5.63 Å². The van der Waals surface area contributed by atoms with E-state index in [-0.39, 0.29) is 16.4 Å². The Balaban J connectivity index is 1.49. The highest BCUT2D eigenvalue weighted by atomic mass is 16.4. The Morgan fingerprint density at radius 3 is 2.56 bits per heavy atom. The Morgan fingerprint density at radius 1 is 1.06 bits per heavy atom. The lowest BCUT2D eigenvalue weighted by atomic mass is 9.47. The van der Waals surface area contributed by atoms with Gasteiger partial charge in [0.2, 0.25) is 0 Å². The summed E-state index contributed by atoms with van der Waals surface area (Å²) < 4.78 is 5.85. The number of rotatable bonds is 1. The zero-order valence-electron chi connectivity index (χ0n) is 20.2. The van der Waals surface area contributed by atoms with Crippen LogP contribution in [-0.2, 0) is 16.6 Å². The molecule has 5 atom stereocenters. The standard InChI is InChI=1S/C30H31NO3/c1-17-4-6-18(7-5-17)27-22-15-25-21-9-8-19-14-20(32)10-12-29(19,2)24(21)11-13-30(25,3)26(22)23(16-31)28(33)34-27/h4-8,21,24-25H,9-15H2,1-3H3/t21-,24+,25+,29+,30+/m1/s1. The van der Waals surface area contributed by atoms with Gasteiger partial charge in [-0.05, 0) is 73.2 Å². The van der Waals surface area contributed by atoms with Crippen LogP contribution in [0.5, 0.6) is 0 Å². The van der Waals surface area contributed by atoms with Crippen molar-refractivity contribution >= 4 is 5.78 Å². The molecule has 2 aromatic rings. The lowest BCUT2D eigenvalue weighted by Gasteiger charge is -2.56. The third kappa shape index (κ3) is 2.82. The van der Waals surface area contributed by atoms with Gasteiger partial charge in [-0.1, -0.05) is 55.3 Å². The maximum Gasteiger partial charge on any atom is 0.354 e. The molecule has 0 unspecified atom stereocenters. The Bertz CT molecular complexity index is 1340. The van der Waals surface area contributed by atoms with Crippen LogP contribution in [-0.4, -0.2) is 5.78 Å². The summed E-state index contributed by atoms with van der Waals surface area (Å²) >= 11 is 0.